The van der Waals surface area contributed by atoms with Crippen LogP contribution < -0.4 is 19.4 Å². The van der Waals surface area contributed by atoms with Crippen LogP contribution in [0.4, 0.5) is 10.6 Å². The third-order valence-corrected chi connectivity index (χ3v) is 5.23. The van der Waals surface area contributed by atoms with Gasteiger partial charge in [0.25, 0.3) is 0 Å². The second kappa shape index (κ2) is 8.09. The molecule has 10 heteroatoms. The van der Waals surface area contributed by atoms with Crippen molar-refractivity contribution in [2.45, 2.75) is 45.3 Å². The van der Waals surface area contributed by atoms with Gasteiger partial charge in [0.2, 0.25) is 23.9 Å². The van der Waals surface area contributed by atoms with E-state index in [1.54, 1.807) is 4.68 Å². The summed E-state index contributed by atoms with van der Waals surface area (Å²) in [5.41, 5.74) is 0.287. The van der Waals surface area contributed by atoms with Gasteiger partial charge in [0.15, 0.2) is 0 Å². The number of alkyl carbamates (subject to hydrolysis) is 1. The van der Waals surface area contributed by atoms with Gasteiger partial charge in [0.1, 0.15) is 30.4 Å². The van der Waals surface area contributed by atoms with E-state index in [-0.39, 0.29) is 12.1 Å². The number of aryl methyl sites for hydroxylation is 2. The molecule has 0 unspecified atom stereocenters. The fourth-order valence-corrected chi connectivity index (χ4v) is 3.65. The number of rotatable bonds is 3. The molecule has 31 heavy (non-hydrogen) atoms. The highest BCUT2D eigenvalue weighted by atomic mass is 16.6. The lowest BCUT2D eigenvalue weighted by molar-refractivity contribution is -0.704. The monoisotopic (exact) mass is 426 g/mol. The SMILES string of the molecule is Cn1ncc2c(N3CCC(NC(=O)OC(C)(C)C)CC3)nc(-[n+]3cc[n+](C)cc3)nc21. The number of anilines is 1. The van der Waals surface area contributed by atoms with Gasteiger partial charge in [-0.15, -0.1) is 0 Å². The van der Waals surface area contributed by atoms with Crippen molar-refractivity contribution >= 4 is 22.9 Å². The van der Waals surface area contributed by atoms with Gasteiger partial charge in [-0.25, -0.2) is 14.0 Å². The fourth-order valence-electron chi connectivity index (χ4n) is 3.65. The van der Waals surface area contributed by atoms with Gasteiger partial charge in [-0.2, -0.15) is 9.67 Å². The zero-order chi connectivity index (χ0) is 22.2. The molecular weight excluding hydrogens is 396 g/mol. The van der Waals surface area contributed by atoms with Crippen LogP contribution in [0.2, 0.25) is 0 Å². The van der Waals surface area contributed by atoms with E-state index in [2.05, 4.69) is 15.3 Å². The van der Waals surface area contributed by atoms with Crippen molar-refractivity contribution in [2.24, 2.45) is 14.1 Å². The first-order valence-electron chi connectivity index (χ1n) is 10.5. The fraction of sp³-hybridized carbons (Fsp3) is 0.524. The first-order valence-corrected chi connectivity index (χ1v) is 10.5. The van der Waals surface area contributed by atoms with Crippen LogP contribution >= 0.6 is 0 Å². The smallest absolute Gasteiger partial charge is 0.442 e. The van der Waals surface area contributed by atoms with E-state index in [1.165, 1.54) is 0 Å². The van der Waals surface area contributed by atoms with Crippen molar-refractivity contribution < 1.29 is 18.7 Å². The third kappa shape index (κ3) is 4.73. The van der Waals surface area contributed by atoms with Crippen LogP contribution in [0.25, 0.3) is 17.0 Å². The van der Waals surface area contributed by atoms with Crippen LogP contribution in [0, 0.1) is 0 Å². The van der Waals surface area contributed by atoms with Gasteiger partial charge in [-0.3, -0.25) is 0 Å². The first kappa shape index (κ1) is 21.0. The molecule has 1 N–H and O–H groups in total. The number of hydrogen-bond donors (Lipinski definition) is 1. The summed E-state index contributed by atoms with van der Waals surface area (Å²) in [6.07, 6.45) is 10.8. The number of nitrogens with zero attached hydrogens (tertiary/aromatic N) is 7. The summed E-state index contributed by atoms with van der Waals surface area (Å²) in [7, 11) is 3.85. The predicted molar refractivity (Wildman–Crippen MR) is 114 cm³/mol. The molecule has 164 valence electrons. The predicted octanol–water partition coefficient (Wildman–Crippen LogP) is 0.958. The van der Waals surface area contributed by atoms with E-state index >= 15 is 0 Å². The molecule has 1 saturated heterocycles. The van der Waals surface area contributed by atoms with E-state index in [0.717, 1.165) is 42.8 Å². The molecule has 1 aliphatic rings. The first-order chi connectivity index (χ1) is 14.7. The minimum Gasteiger partial charge on any atom is -0.444 e. The van der Waals surface area contributed by atoms with Crippen molar-refractivity contribution in [2.75, 3.05) is 18.0 Å². The lowest BCUT2D eigenvalue weighted by Crippen LogP contribution is -2.46. The van der Waals surface area contributed by atoms with E-state index in [1.807, 2.05) is 75.0 Å². The van der Waals surface area contributed by atoms with Crippen molar-refractivity contribution in [3.63, 3.8) is 0 Å². The van der Waals surface area contributed by atoms with Gasteiger partial charge >= 0.3 is 12.0 Å². The van der Waals surface area contributed by atoms with Crippen LogP contribution in [0.3, 0.4) is 0 Å². The zero-order valence-electron chi connectivity index (χ0n) is 18.7. The number of aromatic nitrogens is 6. The van der Waals surface area contributed by atoms with Crippen molar-refractivity contribution in [3.05, 3.63) is 31.0 Å². The lowest BCUT2D eigenvalue weighted by Gasteiger charge is -2.32. The van der Waals surface area contributed by atoms with Gasteiger partial charge in [0.05, 0.1) is 6.20 Å². The molecule has 3 aromatic heterocycles. The second-order valence-electron chi connectivity index (χ2n) is 8.93. The maximum absolute atomic E-state index is 12.1. The van der Waals surface area contributed by atoms with E-state index in [0.29, 0.717) is 5.95 Å². The van der Waals surface area contributed by atoms with Gasteiger partial charge in [-0.1, -0.05) is 0 Å². The number of carbonyl (C=O) groups excluding carboxylic acids is 1. The summed E-state index contributed by atoms with van der Waals surface area (Å²) >= 11 is 0. The molecule has 4 heterocycles. The van der Waals surface area contributed by atoms with Gasteiger partial charge < -0.3 is 15.0 Å². The van der Waals surface area contributed by atoms with Crippen molar-refractivity contribution in [1.82, 2.24) is 25.1 Å². The largest absolute Gasteiger partial charge is 0.444 e. The summed E-state index contributed by atoms with van der Waals surface area (Å²) in [6.45, 7) is 7.15. The van der Waals surface area contributed by atoms with Gasteiger partial charge in [0, 0.05) is 26.2 Å². The highest BCUT2D eigenvalue weighted by molar-refractivity contribution is 5.87. The molecule has 0 bridgehead atoms. The summed E-state index contributed by atoms with van der Waals surface area (Å²) in [5, 5.41) is 8.30. The Morgan fingerprint density at radius 1 is 1.16 bits per heavy atom. The van der Waals surface area contributed by atoms with E-state index in [4.69, 9.17) is 14.7 Å². The normalized spacial score (nSPS) is 15.3. The molecule has 0 radical (unpaired) electrons. The Kier molecular flexibility index (Phi) is 5.47. The quantitative estimate of drug-likeness (QED) is 0.627. The highest BCUT2D eigenvalue weighted by Crippen LogP contribution is 2.26. The average Bonchev–Trinajstić information content (AvgIpc) is 3.08. The van der Waals surface area contributed by atoms with E-state index < -0.39 is 5.60 Å². The standard InChI is InChI=1S/C21H29N8O2/c1-21(2,3)31-20(30)23-15-6-8-28(9-7-15)18-16-14-22-27(5)17(16)24-19(25-18)29-12-10-26(4)11-13-29/h10-15H,6-9H2,1-5H3/q+1/p+1. The minimum atomic E-state index is -0.500. The number of piperidine rings is 1. The minimum absolute atomic E-state index is 0.0836. The van der Waals surface area contributed by atoms with Crippen molar-refractivity contribution in [1.29, 1.82) is 0 Å². The Hall–Kier alpha value is -3.30. The number of fused-ring (bicyclic) bond motifs is 1. The highest BCUT2D eigenvalue weighted by Gasteiger charge is 2.29. The van der Waals surface area contributed by atoms with Crippen LogP contribution in [-0.2, 0) is 18.8 Å². The molecular formula is C21H30N8O2+2. The Balaban J connectivity index is 1.54. The maximum Gasteiger partial charge on any atom is 0.442 e. The number of nitrogens with one attached hydrogen (secondary N) is 1. The molecule has 0 atom stereocenters. The molecule has 0 saturated carbocycles. The summed E-state index contributed by atoms with van der Waals surface area (Å²) < 4.78 is 11.0. The van der Waals surface area contributed by atoms with E-state index in [9.17, 15) is 4.79 Å². The number of hydrogen-bond acceptors (Lipinski definition) is 6. The lowest BCUT2D eigenvalue weighted by atomic mass is 10.1. The number of carbonyl (C=O) groups is 1. The van der Waals surface area contributed by atoms with Crippen LogP contribution in [-0.4, -0.2) is 50.6 Å². The number of amides is 1. The summed E-state index contributed by atoms with van der Waals surface area (Å²) in [4.78, 5) is 23.9. The molecule has 4 rings (SSSR count). The average molecular weight is 427 g/mol. The Labute approximate surface area is 181 Å². The topological polar surface area (TPSA) is 92.9 Å². The number of ether oxygens (including phenoxy) is 1. The summed E-state index contributed by atoms with van der Waals surface area (Å²) in [5.74, 6) is 1.46. The zero-order valence-corrected chi connectivity index (χ0v) is 18.7. The van der Waals surface area contributed by atoms with Gasteiger partial charge in [-0.05, 0) is 43.6 Å². The Bertz CT molecular complexity index is 1080. The molecule has 0 spiro atoms. The molecule has 0 aliphatic carbocycles. The maximum atomic E-state index is 12.1. The van der Waals surface area contributed by atoms with Crippen LogP contribution in [0.15, 0.2) is 31.0 Å². The van der Waals surface area contributed by atoms with Crippen molar-refractivity contribution in [3.8, 4) is 5.95 Å². The molecule has 3 aromatic rings. The summed E-state index contributed by atoms with van der Waals surface area (Å²) in [6, 6.07) is 0.0836. The molecule has 1 fully saturated rings. The Morgan fingerprint density at radius 3 is 2.48 bits per heavy atom. The third-order valence-electron chi connectivity index (χ3n) is 5.23. The second-order valence-corrected chi connectivity index (χ2v) is 8.93. The molecule has 1 amide bonds. The van der Waals surface area contributed by atoms with Crippen LogP contribution in [0.5, 0.6) is 0 Å². The Morgan fingerprint density at radius 2 is 1.84 bits per heavy atom. The molecule has 0 aromatic carbocycles. The van der Waals surface area contributed by atoms with Crippen LogP contribution in [0.1, 0.15) is 33.6 Å². The molecule has 1 aliphatic heterocycles. The molecule has 10 nitrogen and oxygen atoms in total.